The van der Waals surface area contributed by atoms with Crippen LogP contribution in [0.25, 0.3) is 0 Å². The van der Waals surface area contributed by atoms with Crippen molar-refractivity contribution in [2.75, 3.05) is 45.7 Å². The predicted molar refractivity (Wildman–Crippen MR) is 171 cm³/mol. The normalized spacial score (nSPS) is 20.8. The van der Waals surface area contributed by atoms with Crippen LogP contribution in [0.2, 0.25) is 0 Å². The number of carbonyl (C=O) groups is 4. The van der Waals surface area contributed by atoms with Gasteiger partial charge in [0, 0.05) is 52.5 Å². The minimum Gasteiger partial charge on any atom is -0.374 e. The Kier molecular flexibility index (Phi) is 12.3. The lowest BCUT2D eigenvalue weighted by atomic mass is 9.79. The third kappa shape index (κ3) is 8.49. The Morgan fingerprint density at radius 3 is 2.33 bits per heavy atom. The second-order valence-corrected chi connectivity index (χ2v) is 12.4. The second-order valence-electron chi connectivity index (χ2n) is 12.4. The molecule has 46 heavy (non-hydrogen) atoms. The van der Waals surface area contributed by atoms with E-state index < -0.39 is 35.8 Å². The monoisotopic (exact) mass is 641 g/mol. The van der Waals surface area contributed by atoms with Crippen LogP contribution in [0.1, 0.15) is 75.0 Å². The van der Waals surface area contributed by atoms with Gasteiger partial charge in [-0.3, -0.25) is 23.9 Å². The molecule has 4 amide bonds. The standard InChI is InChI=1S/C33H48FN7O5/c1-6-27(42)37-29(33(45)40-18-16-39(4)17-19-40)30(46-5)23-12-13-25(24(34)20-23)36-32(44)28(22-10-8-21(3)9-11-22)38-31(43)26-14-15-35-41(26)7-2/h12-15,20-22,28-30H,6-11,16-19H2,1-5H3,(H,36,44)(H,37,42)(H,38,43)/t21?,22?,28-,29+,30?/m0/s1. The number of halogens is 1. The van der Waals surface area contributed by atoms with Crippen LogP contribution >= 0.6 is 0 Å². The van der Waals surface area contributed by atoms with Crippen LogP contribution in [0.5, 0.6) is 0 Å². The highest BCUT2D eigenvalue weighted by Crippen LogP contribution is 2.32. The van der Waals surface area contributed by atoms with Crippen molar-refractivity contribution in [2.45, 2.75) is 77.6 Å². The Bertz CT molecular complexity index is 1370. The first kappa shape index (κ1) is 35.0. The number of hydrogen-bond donors (Lipinski definition) is 3. The molecule has 1 aliphatic heterocycles. The molecule has 13 heteroatoms. The maximum Gasteiger partial charge on any atom is 0.270 e. The number of anilines is 1. The highest BCUT2D eigenvalue weighted by Gasteiger charge is 2.37. The van der Waals surface area contributed by atoms with E-state index in [-0.39, 0.29) is 29.8 Å². The lowest BCUT2D eigenvalue weighted by Gasteiger charge is -2.36. The number of aryl methyl sites for hydroxylation is 1. The van der Waals surface area contributed by atoms with Crippen molar-refractivity contribution in [3.63, 3.8) is 0 Å². The summed E-state index contributed by atoms with van der Waals surface area (Å²) in [6.07, 6.45) is 4.12. The highest BCUT2D eigenvalue weighted by molar-refractivity contribution is 6.00. The van der Waals surface area contributed by atoms with E-state index in [0.29, 0.717) is 49.9 Å². The average Bonchev–Trinajstić information content (AvgIpc) is 3.54. The summed E-state index contributed by atoms with van der Waals surface area (Å²) in [4.78, 5) is 56.8. The van der Waals surface area contributed by atoms with Gasteiger partial charge >= 0.3 is 0 Å². The third-order valence-electron chi connectivity index (χ3n) is 9.20. The van der Waals surface area contributed by atoms with E-state index >= 15 is 4.39 Å². The first-order valence-corrected chi connectivity index (χ1v) is 16.3. The van der Waals surface area contributed by atoms with E-state index in [4.69, 9.17) is 4.74 Å². The molecule has 1 aromatic heterocycles. The summed E-state index contributed by atoms with van der Waals surface area (Å²) >= 11 is 0. The zero-order valence-corrected chi connectivity index (χ0v) is 27.6. The van der Waals surface area contributed by atoms with Crippen molar-refractivity contribution in [3.8, 4) is 0 Å². The van der Waals surface area contributed by atoms with Crippen molar-refractivity contribution in [2.24, 2.45) is 11.8 Å². The molecule has 0 spiro atoms. The second kappa shape index (κ2) is 16.1. The molecule has 0 radical (unpaired) electrons. The smallest absolute Gasteiger partial charge is 0.270 e. The van der Waals surface area contributed by atoms with Crippen LogP contribution in [0, 0.1) is 17.7 Å². The van der Waals surface area contributed by atoms with Crippen molar-refractivity contribution < 1.29 is 28.3 Å². The van der Waals surface area contributed by atoms with Crippen LogP contribution < -0.4 is 16.0 Å². The van der Waals surface area contributed by atoms with Gasteiger partial charge in [-0.15, -0.1) is 0 Å². The number of rotatable bonds is 12. The first-order valence-electron chi connectivity index (χ1n) is 16.3. The number of aromatic nitrogens is 2. The Hall–Kier alpha value is -3.84. The predicted octanol–water partition coefficient (Wildman–Crippen LogP) is 2.96. The fourth-order valence-corrected chi connectivity index (χ4v) is 6.26. The van der Waals surface area contributed by atoms with E-state index in [1.165, 1.54) is 25.4 Å². The Labute approximate surface area is 270 Å². The maximum atomic E-state index is 15.7. The van der Waals surface area contributed by atoms with Gasteiger partial charge in [0.2, 0.25) is 17.7 Å². The largest absolute Gasteiger partial charge is 0.374 e. The van der Waals surface area contributed by atoms with Crippen molar-refractivity contribution in [1.82, 2.24) is 30.2 Å². The summed E-state index contributed by atoms with van der Waals surface area (Å²) in [5.74, 6) is -1.86. The summed E-state index contributed by atoms with van der Waals surface area (Å²) in [6.45, 7) is 8.63. The molecule has 2 aromatic rings. The highest BCUT2D eigenvalue weighted by atomic mass is 19.1. The molecule has 3 N–H and O–H groups in total. The third-order valence-corrected chi connectivity index (χ3v) is 9.20. The number of hydrogen-bond acceptors (Lipinski definition) is 7. The number of piperazine rings is 1. The van der Waals surface area contributed by atoms with Gasteiger partial charge in [0.05, 0.1) is 5.69 Å². The van der Waals surface area contributed by atoms with Crippen LogP contribution in [-0.4, -0.2) is 95.6 Å². The molecule has 1 saturated heterocycles. The molecule has 1 saturated carbocycles. The van der Waals surface area contributed by atoms with E-state index in [1.54, 1.807) is 28.6 Å². The number of nitrogens with one attached hydrogen (secondary N) is 3. The molecule has 2 heterocycles. The fourth-order valence-electron chi connectivity index (χ4n) is 6.26. The van der Waals surface area contributed by atoms with Crippen molar-refractivity contribution >= 4 is 29.3 Å². The summed E-state index contributed by atoms with van der Waals surface area (Å²) in [7, 11) is 3.39. The summed E-state index contributed by atoms with van der Waals surface area (Å²) < 4.78 is 22.9. The van der Waals surface area contributed by atoms with Gasteiger partial charge in [0.25, 0.3) is 5.91 Å². The zero-order valence-electron chi connectivity index (χ0n) is 27.6. The summed E-state index contributed by atoms with van der Waals surface area (Å²) in [6, 6.07) is 3.87. The van der Waals surface area contributed by atoms with Gasteiger partial charge in [0.1, 0.15) is 29.7 Å². The molecule has 3 atom stereocenters. The molecule has 0 bridgehead atoms. The maximum absolute atomic E-state index is 15.7. The van der Waals surface area contributed by atoms with E-state index in [9.17, 15) is 19.2 Å². The fraction of sp³-hybridized carbons (Fsp3) is 0.606. The first-order chi connectivity index (χ1) is 22.1. The average molecular weight is 642 g/mol. The molecule has 12 nitrogen and oxygen atoms in total. The SMILES string of the molecule is CCC(=O)N[C@@H](C(=O)N1CCN(C)CC1)C(OC)c1ccc(NC(=O)[C@@H](NC(=O)c2ccnn2CC)C2CCC(C)CC2)c(F)c1. The van der Waals surface area contributed by atoms with Crippen molar-refractivity contribution in [3.05, 3.63) is 47.5 Å². The summed E-state index contributed by atoms with van der Waals surface area (Å²) in [5.41, 5.74) is 0.618. The topological polar surface area (TPSA) is 138 Å². The molecular formula is C33H48FN7O5. The molecule has 1 unspecified atom stereocenters. The van der Waals surface area contributed by atoms with Crippen LogP contribution in [-0.2, 0) is 25.7 Å². The molecule has 1 aliphatic carbocycles. The van der Waals surface area contributed by atoms with E-state index in [0.717, 1.165) is 25.7 Å². The quantitative estimate of drug-likeness (QED) is 0.324. The molecule has 1 aromatic carbocycles. The zero-order chi connectivity index (χ0) is 33.4. The van der Waals surface area contributed by atoms with E-state index in [1.807, 2.05) is 14.0 Å². The van der Waals surface area contributed by atoms with Crippen LogP contribution in [0.15, 0.2) is 30.5 Å². The van der Waals surface area contributed by atoms with Gasteiger partial charge in [-0.25, -0.2) is 4.39 Å². The lowest BCUT2D eigenvalue weighted by molar-refractivity contribution is -0.142. The van der Waals surface area contributed by atoms with Crippen LogP contribution in [0.4, 0.5) is 10.1 Å². The minimum atomic E-state index is -1.06. The molecule has 2 aliphatic rings. The van der Waals surface area contributed by atoms with Gasteiger partial charge in [0.15, 0.2) is 0 Å². The van der Waals surface area contributed by atoms with Gasteiger partial charge in [-0.05, 0) is 62.4 Å². The van der Waals surface area contributed by atoms with Crippen LogP contribution in [0.3, 0.4) is 0 Å². The molecule has 252 valence electrons. The number of methoxy groups -OCH3 is 1. The van der Waals surface area contributed by atoms with Crippen molar-refractivity contribution in [1.29, 1.82) is 0 Å². The number of likely N-dealkylation sites (N-methyl/N-ethyl adjacent to an activating group) is 1. The number of nitrogens with zero attached hydrogens (tertiary/aromatic N) is 4. The Balaban J connectivity index is 1.54. The molecular weight excluding hydrogens is 593 g/mol. The lowest BCUT2D eigenvalue weighted by Crippen LogP contribution is -2.56. The minimum absolute atomic E-state index is 0.0647. The van der Waals surface area contributed by atoms with Gasteiger partial charge < -0.3 is 30.5 Å². The summed E-state index contributed by atoms with van der Waals surface area (Å²) in [5, 5.41) is 12.5. The molecule has 2 fully saturated rings. The number of ether oxygens (including phenoxy) is 1. The van der Waals surface area contributed by atoms with Gasteiger partial charge in [-0.1, -0.05) is 32.8 Å². The Morgan fingerprint density at radius 2 is 1.72 bits per heavy atom. The van der Waals surface area contributed by atoms with E-state index in [2.05, 4.69) is 32.9 Å². The number of benzene rings is 1. The number of carbonyl (C=O) groups excluding carboxylic acids is 4. The Morgan fingerprint density at radius 1 is 1.02 bits per heavy atom. The molecule has 4 rings (SSSR count). The number of amides is 4. The van der Waals surface area contributed by atoms with Gasteiger partial charge in [-0.2, -0.15) is 5.10 Å².